The number of nitro benzene ring substituents is 1. The zero-order chi connectivity index (χ0) is 21.4. The van der Waals surface area contributed by atoms with Crippen molar-refractivity contribution in [3.63, 3.8) is 0 Å². The molecule has 2 aromatic carbocycles. The Morgan fingerprint density at radius 2 is 2.06 bits per heavy atom. The zero-order valence-corrected chi connectivity index (χ0v) is 17.2. The molecule has 0 spiro atoms. The number of H-pyrrole nitrogens is 1. The molecular formula is C21H11N5O3S2. The summed E-state index contributed by atoms with van der Waals surface area (Å²) in [5.41, 5.74) is 2.72. The van der Waals surface area contributed by atoms with Gasteiger partial charge in [-0.1, -0.05) is 12.1 Å². The molecule has 0 aliphatic heterocycles. The number of thiazole rings is 1. The van der Waals surface area contributed by atoms with Gasteiger partial charge in [0.15, 0.2) is 9.43 Å². The second kappa shape index (κ2) is 7.71. The van der Waals surface area contributed by atoms with Crippen molar-refractivity contribution in [1.29, 1.82) is 5.26 Å². The lowest BCUT2D eigenvalue weighted by atomic mass is 10.2. The summed E-state index contributed by atoms with van der Waals surface area (Å²) in [6, 6.07) is 17.9. The van der Waals surface area contributed by atoms with Crippen molar-refractivity contribution in [3.8, 4) is 6.07 Å². The number of furan rings is 1. The van der Waals surface area contributed by atoms with Gasteiger partial charge in [0, 0.05) is 18.2 Å². The molecule has 8 nitrogen and oxygen atoms in total. The second-order valence-corrected chi connectivity index (χ2v) is 8.70. The molecule has 0 fully saturated rings. The van der Waals surface area contributed by atoms with Gasteiger partial charge in [-0.05, 0) is 42.1 Å². The minimum absolute atomic E-state index is 0.0349. The van der Waals surface area contributed by atoms with E-state index in [-0.39, 0.29) is 5.69 Å². The SMILES string of the molecule is N#C/C(=C\c1ccc(Sc2nc3ccc([N+](=O)[O-])cc3s2)o1)c1nc2ccccc2[nH]1. The van der Waals surface area contributed by atoms with Gasteiger partial charge in [-0.2, -0.15) is 5.26 Å². The van der Waals surface area contributed by atoms with Crippen LogP contribution in [0.3, 0.4) is 0 Å². The topological polar surface area (TPSA) is 122 Å². The van der Waals surface area contributed by atoms with Crippen molar-refractivity contribution in [3.05, 3.63) is 76.3 Å². The van der Waals surface area contributed by atoms with Gasteiger partial charge in [-0.15, -0.1) is 11.3 Å². The van der Waals surface area contributed by atoms with E-state index in [1.54, 1.807) is 24.3 Å². The highest BCUT2D eigenvalue weighted by molar-refractivity contribution is 8.01. The average molecular weight is 445 g/mol. The van der Waals surface area contributed by atoms with Crippen LogP contribution in [0.5, 0.6) is 0 Å². The maximum atomic E-state index is 10.9. The number of hydrogen-bond acceptors (Lipinski definition) is 8. The minimum atomic E-state index is -0.425. The van der Waals surface area contributed by atoms with E-state index in [9.17, 15) is 15.4 Å². The van der Waals surface area contributed by atoms with Crippen LogP contribution in [0.2, 0.25) is 0 Å². The third-order valence-electron chi connectivity index (χ3n) is 4.40. The fourth-order valence-electron chi connectivity index (χ4n) is 2.98. The number of para-hydroxylation sites is 2. The van der Waals surface area contributed by atoms with Crippen molar-refractivity contribution in [2.45, 2.75) is 9.43 Å². The Labute approximate surface area is 183 Å². The monoisotopic (exact) mass is 445 g/mol. The Hall–Kier alpha value is -3.94. The minimum Gasteiger partial charge on any atom is -0.450 e. The molecule has 31 heavy (non-hydrogen) atoms. The number of allylic oxidation sites excluding steroid dienone is 1. The highest BCUT2D eigenvalue weighted by Crippen LogP contribution is 2.36. The Morgan fingerprint density at radius 3 is 2.87 bits per heavy atom. The van der Waals surface area contributed by atoms with Gasteiger partial charge in [0.25, 0.3) is 5.69 Å². The average Bonchev–Trinajstić information content (AvgIpc) is 3.49. The molecule has 10 heteroatoms. The number of nitrogens with zero attached hydrogens (tertiary/aromatic N) is 4. The van der Waals surface area contributed by atoms with Crippen LogP contribution < -0.4 is 0 Å². The fourth-order valence-corrected chi connectivity index (χ4v) is 4.98. The van der Waals surface area contributed by atoms with E-state index >= 15 is 0 Å². The van der Waals surface area contributed by atoms with Crippen molar-refractivity contribution < 1.29 is 9.34 Å². The molecule has 0 unspecified atom stereocenters. The van der Waals surface area contributed by atoms with Crippen LogP contribution in [0.15, 0.2) is 68.4 Å². The molecule has 0 amide bonds. The number of non-ortho nitro benzene ring substituents is 1. The number of rotatable bonds is 5. The van der Waals surface area contributed by atoms with Gasteiger partial charge in [-0.25, -0.2) is 9.97 Å². The number of fused-ring (bicyclic) bond motifs is 2. The molecule has 0 saturated heterocycles. The summed E-state index contributed by atoms with van der Waals surface area (Å²) in [7, 11) is 0. The van der Waals surface area contributed by atoms with E-state index in [0.717, 1.165) is 15.7 Å². The van der Waals surface area contributed by atoms with Gasteiger partial charge in [0.2, 0.25) is 0 Å². The Morgan fingerprint density at radius 1 is 1.19 bits per heavy atom. The van der Waals surface area contributed by atoms with E-state index < -0.39 is 4.92 Å². The molecule has 5 aromatic rings. The standard InChI is InChI=1S/C21H11N5O3S2/c22-11-12(20-23-15-3-1-2-4-16(15)24-20)9-14-6-8-19(29-14)31-21-25-17-7-5-13(26(27)28)10-18(17)30-21/h1-10H,(H,23,24)/b12-9+. The molecule has 0 aliphatic rings. The predicted molar refractivity (Wildman–Crippen MR) is 119 cm³/mol. The molecule has 5 rings (SSSR count). The van der Waals surface area contributed by atoms with Crippen LogP contribution in [0, 0.1) is 21.4 Å². The summed E-state index contributed by atoms with van der Waals surface area (Å²) in [4.78, 5) is 22.6. The fraction of sp³-hybridized carbons (Fsp3) is 0. The normalized spacial score (nSPS) is 11.8. The van der Waals surface area contributed by atoms with E-state index in [2.05, 4.69) is 21.0 Å². The molecule has 1 N–H and O–H groups in total. The largest absolute Gasteiger partial charge is 0.450 e. The number of nitriles is 1. The van der Waals surface area contributed by atoms with Crippen molar-refractivity contribution in [2.24, 2.45) is 0 Å². The summed E-state index contributed by atoms with van der Waals surface area (Å²) in [6.45, 7) is 0. The molecule has 0 bridgehead atoms. The smallest absolute Gasteiger partial charge is 0.270 e. The molecular weight excluding hydrogens is 434 g/mol. The molecule has 0 saturated carbocycles. The van der Waals surface area contributed by atoms with Gasteiger partial charge < -0.3 is 9.40 Å². The third-order valence-corrected chi connectivity index (χ3v) is 6.40. The Kier molecular flexibility index (Phi) is 4.74. The number of imidazole rings is 1. The number of benzene rings is 2. The summed E-state index contributed by atoms with van der Waals surface area (Å²) in [5, 5.41) is 21.1. The lowest BCUT2D eigenvalue weighted by Crippen LogP contribution is -1.85. The van der Waals surface area contributed by atoms with Crippen LogP contribution in [0.25, 0.3) is 32.9 Å². The van der Waals surface area contributed by atoms with Crippen molar-refractivity contribution >= 4 is 61.7 Å². The zero-order valence-electron chi connectivity index (χ0n) is 15.6. The maximum Gasteiger partial charge on any atom is 0.270 e. The Balaban J connectivity index is 1.39. The first-order valence-electron chi connectivity index (χ1n) is 8.98. The highest BCUT2D eigenvalue weighted by Gasteiger charge is 2.13. The van der Waals surface area contributed by atoms with E-state index in [1.165, 1.54) is 35.2 Å². The number of aromatic amines is 1. The first kappa shape index (κ1) is 19.0. The second-order valence-electron chi connectivity index (χ2n) is 6.42. The number of hydrogen-bond donors (Lipinski definition) is 1. The summed E-state index contributed by atoms with van der Waals surface area (Å²) >= 11 is 2.67. The van der Waals surface area contributed by atoms with Gasteiger partial charge in [0.05, 0.1) is 31.7 Å². The summed E-state index contributed by atoms with van der Waals surface area (Å²) < 4.78 is 7.27. The van der Waals surface area contributed by atoms with Gasteiger partial charge >= 0.3 is 0 Å². The van der Waals surface area contributed by atoms with Gasteiger partial charge in [0.1, 0.15) is 17.7 Å². The summed E-state index contributed by atoms with van der Waals surface area (Å²) in [6.07, 6.45) is 1.63. The van der Waals surface area contributed by atoms with Crippen LogP contribution in [-0.2, 0) is 0 Å². The summed E-state index contributed by atoms with van der Waals surface area (Å²) in [5.74, 6) is 0.985. The van der Waals surface area contributed by atoms with Crippen LogP contribution >= 0.6 is 23.1 Å². The van der Waals surface area contributed by atoms with Crippen molar-refractivity contribution in [1.82, 2.24) is 15.0 Å². The lowest BCUT2D eigenvalue weighted by Gasteiger charge is -1.93. The number of nitrogens with one attached hydrogen (secondary N) is 1. The first-order valence-corrected chi connectivity index (χ1v) is 10.6. The molecule has 3 heterocycles. The van der Waals surface area contributed by atoms with Crippen LogP contribution in [-0.4, -0.2) is 19.9 Å². The molecule has 150 valence electrons. The number of nitro groups is 1. The first-order chi connectivity index (χ1) is 15.1. The van der Waals surface area contributed by atoms with Crippen molar-refractivity contribution in [2.75, 3.05) is 0 Å². The highest BCUT2D eigenvalue weighted by atomic mass is 32.2. The molecule has 0 aliphatic carbocycles. The predicted octanol–water partition coefficient (Wildman–Crippen LogP) is 5.89. The Bertz CT molecular complexity index is 1490. The quantitative estimate of drug-likeness (QED) is 0.203. The van der Waals surface area contributed by atoms with Gasteiger partial charge in [-0.3, -0.25) is 10.1 Å². The van der Waals surface area contributed by atoms with Crippen LogP contribution in [0.4, 0.5) is 5.69 Å². The van der Waals surface area contributed by atoms with E-state index in [4.69, 9.17) is 4.42 Å². The lowest BCUT2D eigenvalue weighted by molar-refractivity contribution is -0.384. The molecule has 3 aromatic heterocycles. The maximum absolute atomic E-state index is 10.9. The van der Waals surface area contributed by atoms with Crippen LogP contribution in [0.1, 0.15) is 11.6 Å². The molecule has 0 atom stereocenters. The number of aromatic nitrogens is 3. The third kappa shape index (κ3) is 3.79. The van der Waals surface area contributed by atoms with E-state index in [0.29, 0.717) is 32.1 Å². The molecule has 0 radical (unpaired) electrons. The van der Waals surface area contributed by atoms with E-state index in [1.807, 2.05) is 24.3 Å².